The van der Waals surface area contributed by atoms with Crippen LogP contribution in [0.3, 0.4) is 0 Å². The van der Waals surface area contributed by atoms with Crippen LogP contribution < -0.4 is 0 Å². The van der Waals surface area contributed by atoms with Crippen LogP contribution >= 0.6 is 0 Å². The Labute approximate surface area is 392 Å². The Kier molecular flexibility index (Phi) is 9.45. The number of hydrogen-bond acceptors (Lipinski definition) is 6. The molecular formula is C60H40N8. The van der Waals surface area contributed by atoms with Crippen molar-refractivity contribution in [2.45, 2.75) is 12.8 Å². The highest BCUT2D eigenvalue weighted by Gasteiger charge is 2.23. The number of aromatic nitrogens is 8. The third-order valence-corrected chi connectivity index (χ3v) is 12.9. The predicted octanol–water partition coefficient (Wildman–Crippen LogP) is 14.3. The van der Waals surface area contributed by atoms with Gasteiger partial charge < -0.3 is 0 Å². The second kappa shape index (κ2) is 16.4. The second-order valence-corrected chi connectivity index (χ2v) is 17.0. The van der Waals surface area contributed by atoms with Gasteiger partial charge in [0, 0.05) is 38.2 Å². The van der Waals surface area contributed by atoms with Gasteiger partial charge in [0.15, 0.2) is 11.6 Å². The van der Waals surface area contributed by atoms with Crippen LogP contribution in [0.15, 0.2) is 218 Å². The minimum atomic E-state index is 0.555. The van der Waals surface area contributed by atoms with Gasteiger partial charge in [0.1, 0.15) is 23.0 Å². The molecule has 1 aliphatic carbocycles. The minimum Gasteiger partial charge on any atom is -0.294 e. The molecule has 0 unspecified atom stereocenters. The smallest absolute Gasteiger partial charge is 0.179 e. The Morgan fingerprint density at radius 1 is 0.353 bits per heavy atom. The SMILES string of the molecule is C1=CCCC(c2cc(-c3ccccc3)nc(-c3cccc(-n4c5ccccc5c5ccc6c(c7ccccc7n6-c6cccc(-c7nc(-c8ccccc8)cc(-c8ccccc8)n7)n6)c54)n3)n2)=C1. The maximum atomic E-state index is 5.43. The summed E-state index contributed by atoms with van der Waals surface area (Å²) in [6.07, 6.45) is 8.38. The average molecular weight is 873 g/mol. The van der Waals surface area contributed by atoms with E-state index in [2.05, 4.69) is 155 Å². The van der Waals surface area contributed by atoms with Crippen LogP contribution in [0.2, 0.25) is 0 Å². The Bertz CT molecular complexity index is 3900. The van der Waals surface area contributed by atoms with E-state index in [-0.39, 0.29) is 0 Å². The van der Waals surface area contributed by atoms with Gasteiger partial charge in [-0.2, -0.15) is 0 Å². The van der Waals surface area contributed by atoms with Crippen molar-refractivity contribution in [2.24, 2.45) is 0 Å². The zero-order valence-corrected chi connectivity index (χ0v) is 36.8. The molecule has 68 heavy (non-hydrogen) atoms. The lowest BCUT2D eigenvalue weighted by Gasteiger charge is -2.13. The summed E-state index contributed by atoms with van der Waals surface area (Å²) in [5, 5.41) is 4.48. The zero-order valence-electron chi connectivity index (χ0n) is 36.8. The maximum absolute atomic E-state index is 5.43. The molecule has 320 valence electrons. The topological polar surface area (TPSA) is 87.2 Å². The second-order valence-electron chi connectivity index (χ2n) is 17.0. The number of fused-ring (bicyclic) bond motifs is 7. The molecule has 6 aromatic heterocycles. The standard InChI is InChI=1S/C60H40N8/c1-5-19-39(20-6-1)48-37-49(40-21-7-2-8-22-40)64-59(63-48)46-29-17-33-55(61-46)67-53-32-16-14-28-45(53)57-54(67)36-35-44-43-27-13-15-31-52(43)68(58(44)57)56-34-18-30-47(62-56)60-65-50(41-23-9-3-10-24-41)38-51(66-60)42-25-11-4-12-26-42/h1-11,13-25,27-38H,12,26H2. The first kappa shape index (κ1) is 39.2. The van der Waals surface area contributed by atoms with Gasteiger partial charge in [-0.1, -0.05) is 164 Å². The molecule has 0 saturated carbocycles. The van der Waals surface area contributed by atoms with Crippen molar-refractivity contribution in [3.8, 4) is 68.4 Å². The van der Waals surface area contributed by atoms with Gasteiger partial charge in [-0.3, -0.25) is 9.13 Å². The first-order valence-corrected chi connectivity index (χ1v) is 22.9. The van der Waals surface area contributed by atoms with Gasteiger partial charge in [0.25, 0.3) is 0 Å². The largest absolute Gasteiger partial charge is 0.294 e. The first-order chi connectivity index (χ1) is 33.7. The van der Waals surface area contributed by atoms with E-state index in [1.807, 2.05) is 72.8 Å². The summed E-state index contributed by atoms with van der Waals surface area (Å²) >= 11 is 0. The molecule has 0 saturated heterocycles. The summed E-state index contributed by atoms with van der Waals surface area (Å²) in [6.45, 7) is 0. The van der Waals surface area contributed by atoms with E-state index in [1.54, 1.807) is 0 Å². The number of benzene rings is 6. The van der Waals surface area contributed by atoms with E-state index in [1.165, 1.54) is 5.57 Å². The lowest BCUT2D eigenvalue weighted by molar-refractivity contribution is 1.02. The molecule has 0 radical (unpaired) electrons. The Balaban J connectivity index is 1.00. The number of rotatable bonds is 8. The molecule has 0 amide bonds. The van der Waals surface area contributed by atoms with Gasteiger partial charge in [0.2, 0.25) is 0 Å². The zero-order chi connectivity index (χ0) is 45.0. The van der Waals surface area contributed by atoms with Gasteiger partial charge >= 0.3 is 0 Å². The Morgan fingerprint density at radius 2 is 0.853 bits per heavy atom. The number of hydrogen-bond donors (Lipinski definition) is 0. The van der Waals surface area contributed by atoms with E-state index in [9.17, 15) is 0 Å². The van der Waals surface area contributed by atoms with Gasteiger partial charge in [-0.05, 0) is 73.0 Å². The molecule has 8 heteroatoms. The normalized spacial score (nSPS) is 12.6. The summed E-state index contributed by atoms with van der Waals surface area (Å²) in [5.74, 6) is 2.68. The molecule has 0 bridgehead atoms. The molecule has 0 fully saturated rings. The summed E-state index contributed by atoms with van der Waals surface area (Å²) in [4.78, 5) is 31.4. The predicted molar refractivity (Wildman–Crippen MR) is 275 cm³/mol. The van der Waals surface area contributed by atoms with Crippen LogP contribution in [0.25, 0.3) is 118 Å². The summed E-state index contributed by atoms with van der Waals surface area (Å²) in [7, 11) is 0. The van der Waals surface area contributed by atoms with Crippen LogP contribution in [0.5, 0.6) is 0 Å². The molecule has 13 rings (SSSR count). The van der Waals surface area contributed by atoms with Crippen molar-refractivity contribution in [1.29, 1.82) is 0 Å². The molecule has 6 heterocycles. The Morgan fingerprint density at radius 3 is 1.43 bits per heavy atom. The van der Waals surface area contributed by atoms with E-state index < -0.39 is 0 Å². The fraction of sp³-hybridized carbons (Fsp3) is 0.0333. The Hall–Kier alpha value is -9.14. The van der Waals surface area contributed by atoms with Gasteiger partial charge in [-0.25, -0.2) is 29.9 Å². The summed E-state index contributed by atoms with van der Waals surface area (Å²) in [6, 6.07) is 68.9. The molecule has 0 aliphatic heterocycles. The number of allylic oxidation sites excluding steroid dienone is 4. The highest BCUT2D eigenvalue weighted by atomic mass is 15.1. The van der Waals surface area contributed by atoms with E-state index in [0.29, 0.717) is 23.0 Å². The minimum absolute atomic E-state index is 0.555. The average Bonchev–Trinajstić information content (AvgIpc) is 3.95. The molecule has 0 spiro atoms. The quantitative estimate of drug-likeness (QED) is 0.151. The fourth-order valence-electron chi connectivity index (χ4n) is 9.71. The molecule has 1 aliphatic rings. The van der Waals surface area contributed by atoms with Crippen molar-refractivity contribution in [1.82, 2.24) is 39.0 Å². The highest BCUT2D eigenvalue weighted by Crippen LogP contribution is 2.42. The van der Waals surface area contributed by atoms with E-state index in [4.69, 9.17) is 29.9 Å². The fourth-order valence-corrected chi connectivity index (χ4v) is 9.71. The summed E-state index contributed by atoms with van der Waals surface area (Å²) in [5.41, 5.74) is 13.2. The molecule has 6 aromatic carbocycles. The summed E-state index contributed by atoms with van der Waals surface area (Å²) < 4.78 is 4.57. The number of nitrogens with zero attached hydrogens (tertiary/aromatic N) is 8. The molecule has 8 nitrogen and oxygen atoms in total. The first-order valence-electron chi connectivity index (χ1n) is 22.9. The van der Waals surface area contributed by atoms with Crippen LogP contribution in [-0.4, -0.2) is 39.0 Å². The number of pyridine rings is 2. The highest BCUT2D eigenvalue weighted by molar-refractivity contribution is 6.26. The van der Waals surface area contributed by atoms with Crippen molar-refractivity contribution in [3.63, 3.8) is 0 Å². The molecule has 0 N–H and O–H groups in total. The molecule has 12 aromatic rings. The lowest BCUT2D eigenvalue weighted by Crippen LogP contribution is -2.03. The van der Waals surface area contributed by atoms with Crippen molar-refractivity contribution in [3.05, 3.63) is 224 Å². The molecular weight excluding hydrogens is 833 g/mol. The van der Waals surface area contributed by atoms with Crippen molar-refractivity contribution in [2.75, 3.05) is 0 Å². The maximum Gasteiger partial charge on any atom is 0.179 e. The molecule has 0 atom stereocenters. The third-order valence-electron chi connectivity index (χ3n) is 12.9. The van der Waals surface area contributed by atoms with Crippen molar-refractivity contribution < 1.29 is 0 Å². The van der Waals surface area contributed by atoms with Crippen LogP contribution in [0.4, 0.5) is 0 Å². The van der Waals surface area contributed by atoms with Crippen LogP contribution in [-0.2, 0) is 0 Å². The third kappa shape index (κ3) is 6.77. The van der Waals surface area contributed by atoms with E-state index in [0.717, 1.165) is 108 Å². The van der Waals surface area contributed by atoms with Gasteiger partial charge in [0.05, 0.1) is 44.8 Å². The lowest BCUT2D eigenvalue weighted by atomic mass is 10.00. The van der Waals surface area contributed by atoms with Crippen molar-refractivity contribution >= 4 is 49.2 Å². The van der Waals surface area contributed by atoms with Crippen LogP contribution in [0, 0.1) is 0 Å². The monoisotopic (exact) mass is 872 g/mol. The van der Waals surface area contributed by atoms with Gasteiger partial charge in [-0.15, -0.1) is 0 Å². The van der Waals surface area contributed by atoms with Crippen LogP contribution in [0.1, 0.15) is 18.5 Å². The van der Waals surface area contributed by atoms with E-state index >= 15 is 0 Å². The number of para-hydroxylation sites is 2.